The molecule has 90 valence electrons. The average molecular weight is 293 g/mol. The summed E-state index contributed by atoms with van der Waals surface area (Å²) < 4.78 is 3.34. The average Bonchev–Trinajstić information content (AvgIpc) is 2.76. The molecule has 2 nitrogen and oxygen atoms in total. The molecule has 0 amide bonds. The summed E-state index contributed by atoms with van der Waals surface area (Å²) in [7, 11) is 1.98. The van der Waals surface area contributed by atoms with Gasteiger partial charge in [-0.15, -0.1) is 0 Å². The maximum absolute atomic E-state index is 3.50. The normalized spacial score (nSPS) is 12.6. The lowest BCUT2D eigenvalue weighted by Crippen LogP contribution is -2.11. The Bertz CT molecular complexity index is 490. The predicted octanol–water partition coefficient (Wildman–Crippen LogP) is 3.58. The number of nitrogens with one attached hydrogen (secondary N) is 1. The fourth-order valence-corrected chi connectivity index (χ4v) is 2.27. The van der Waals surface area contributed by atoms with E-state index in [1.54, 1.807) is 0 Å². The van der Waals surface area contributed by atoms with E-state index in [-0.39, 0.29) is 0 Å². The van der Waals surface area contributed by atoms with Crippen LogP contribution >= 0.6 is 15.9 Å². The van der Waals surface area contributed by atoms with Crippen molar-refractivity contribution in [1.82, 2.24) is 9.88 Å². The Morgan fingerprint density at radius 3 is 2.88 bits per heavy atom. The second-order valence-corrected chi connectivity index (χ2v) is 5.17. The molecule has 0 saturated heterocycles. The summed E-state index contributed by atoms with van der Waals surface area (Å²) in [4.78, 5) is 0. The Morgan fingerprint density at radius 2 is 2.18 bits per heavy atom. The zero-order valence-corrected chi connectivity index (χ0v) is 11.7. The highest BCUT2D eigenvalue weighted by molar-refractivity contribution is 9.10. The maximum Gasteiger partial charge on any atom is 0.0470 e. The summed E-state index contributed by atoms with van der Waals surface area (Å²) in [5, 5.41) is 3.25. The zero-order chi connectivity index (χ0) is 12.3. The summed E-state index contributed by atoms with van der Waals surface area (Å²) in [6.07, 6.45) is 4.33. The summed E-state index contributed by atoms with van der Waals surface area (Å²) >= 11 is 3.50. The lowest BCUT2D eigenvalue weighted by molar-refractivity contribution is 0.649. The van der Waals surface area contributed by atoms with Crippen molar-refractivity contribution in [1.29, 1.82) is 0 Å². The van der Waals surface area contributed by atoms with Crippen molar-refractivity contribution in [2.24, 2.45) is 0 Å². The van der Waals surface area contributed by atoms with Crippen LogP contribution in [0.2, 0.25) is 0 Å². The van der Waals surface area contributed by atoms with E-state index < -0.39 is 0 Å². The molecule has 2 aromatic rings. The second-order valence-electron chi connectivity index (χ2n) is 4.26. The van der Waals surface area contributed by atoms with Crippen molar-refractivity contribution in [2.45, 2.75) is 19.5 Å². The van der Waals surface area contributed by atoms with E-state index in [0.717, 1.165) is 11.0 Å². The Labute approximate surface area is 111 Å². The van der Waals surface area contributed by atoms with E-state index in [1.165, 1.54) is 11.1 Å². The SMILES string of the molecule is CNC(C)c1ccn(Cc2cccc(Br)c2)c1. The number of rotatable bonds is 4. The molecule has 17 heavy (non-hydrogen) atoms. The van der Waals surface area contributed by atoms with E-state index in [9.17, 15) is 0 Å². The first-order valence-electron chi connectivity index (χ1n) is 5.76. The molecular formula is C14H17BrN2. The molecular weight excluding hydrogens is 276 g/mol. The topological polar surface area (TPSA) is 17.0 Å². The Morgan fingerprint density at radius 1 is 1.35 bits per heavy atom. The molecule has 0 spiro atoms. The molecule has 1 N–H and O–H groups in total. The highest BCUT2D eigenvalue weighted by Crippen LogP contribution is 2.15. The van der Waals surface area contributed by atoms with E-state index in [4.69, 9.17) is 0 Å². The molecule has 1 atom stereocenters. The van der Waals surface area contributed by atoms with Gasteiger partial charge in [0.2, 0.25) is 0 Å². The van der Waals surface area contributed by atoms with Crippen LogP contribution in [0.25, 0.3) is 0 Å². The summed E-state index contributed by atoms with van der Waals surface area (Å²) in [6.45, 7) is 3.08. The third-order valence-electron chi connectivity index (χ3n) is 2.96. The minimum absolute atomic E-state index is 0.402. The van der Waals surface area contributed by atoms with Crippen molar-refractivity contribution in [3.63, 3.8) is 0 Å². The van der Waals surface area contributed by atoms with Crippen LogP contribution < -0.4 is 5.32 Å². The molecule has 0 bridgehead atoms. The van der Waals surface area contributed by atoms with Gasteiger partial charge in [0.15, 0.2) is 0 Å². The van der Waals surface area contributed by atoms with E-state index >= 15 is 0 Å². The highest BCUT2D eigenvalue weighted by Gasteiger charge is 2.04. The van der Waals surface area contributed by atoms with Crippen LogP contribution in [-0.2, 0) is 6.54 Å². The number of aromatic nitrogens is 1. The second kappa shape index (κ2) is 5.52. The molecule has 2 rings (SSSR count). The third kappa shape index (κ3) is 3.20. The van der Waals surface area contributed by atoms with Gasteiger partial charge in [-0.2, -0.15) is 0 Å². The zero-order valence-electron chi connectivity index (χ0n) is 10.2. The molecule has 0 aliphatic rings. The van der Waals surface area contributed by atoms with E-state index in [0.29, 0.717) is 6.04 Å². The summed E-state index contributed by atoms with van der Waals surface area (Å²) in [5.41, 5.74) is 2.63. The number of hydrogen-bond donors (Lipinski definition) is 1. The monoisotopic (exact) mass is 292 g/mol. The van der Waals surface area contributed by atoms with Crippen LogP contribution in [0, 0.1) is 0 Å². The van der Waals surface area contributed by atoms with Crippen LogP contribution in [0.5, 0.6) is 0 Å². The summed E-state index contributed by atoms with van der Waals surface area (Å²) in [6, 6.07) is 11.0. The van der Waals surface area contributed by atoms with Gasteiger partial charge < -0.3 is 9.88 Å². The van der Waals surface area contributed by atoms with Crippen molar-refractivity contribution in [3.05, 3.63) is 58.3 Å². The van der Waals surface area contributed by atoms with Gasteiger partial charge in [-0.1, -0.05) is 28.1 Å². The predicted molar refractivity (Wildman–Crippen MR) is 75.2 cm³/mol. The molecule has 1 aromatic carbocycles. The lowest BCUT2D eigenvalue weighted by Gasteiger charge is -2.07. The molecule has 0 aliphatic carbocycles. The van der Waals surface area contributed by atoms with E-state index in [2.05, 4.69) is 69.4 Å². The van der Waals surface area contributed by atoms with Gasteiger partial charge in [-0.05, 0) is 43.3 Å². The van der Waals surface area contributed by atoms with Crippen molar-refractivity contribution in [3.8, 4) is 0 Å². The first-order chi connectivity index (χ1) is 8.19. The van der Waals surface area contributed by atoms with Gasteiger partial charge in [-0.25, -0.2) is 0 Å². The van der Waals surface area contributed by atoms with Crippen molar-refractivity contribution in [2.75, 3.05) is 7.05 Å². The van der Waals surface area contributed by atoms with Crippen molar-refractivity contribution < 1.29 is 0 Å². The van der Waals surface area contributed by atoms with Crippen LogP contribution in [0.15, 0.2) is 47.2 Å². The minimum atomic E-state index is 0.402. The fraction of sp³-hybridized carbons (Fsp3) is 0.286. The van der Waals surface area contributed by atoms with Crippen molar-refractivity contribution >= 4 is 15.9 Å². The summed E-state index contributed by atoms with van der Waals surface area (Å²) in [5.74, 6) is 0. The van der Waals surface area contributed by atoms with Gasteiger partial charge >= 0.3 is 0 Å². The molecule has 0 radical (unpaired) electrons. The van der Waals surface area contributed by atoms with Crippen LogP contribution in [0.3, 0.4) is 0 Å². The largest absolute Gasteiger partial charge is 0.350 e. The van der Waals surface area contributed by atoms with Gasteiger partial charge in [0.25, 0.3) is 0 Å². The number of nitrogens with zero attached hydrogens (tertiary/aromatic N) is 1. The van der Waals surface area contributed by atoms with Gasteiger partial charge in [0, 0.05) is 29.5 Å². The smallest absolute Gasteiger partial charge is 0.0470 e. The highest BCUT2D eigenvalue weighted by atomic mass is 79.9. The minimum Gasteiger partial charge on any atom is -0.350 e. The van der Waals surface area contributed by atoms with Crippen LogP contribution in [0.4, 0.5) is 0 Å². The molecule has 0 saturated carbocycles. The number of benzene rings is 1. The molecule has 1 aromatic heterocycles. The van der Waals surface area contributed by atoms with Crippen LogP contribution in [0.1, 0.15) is 24.1 Å². The Hall–Kier alpha value is -1.06. The third-order valence-corrected chi connectivity index (χ3v) is 3.45. The molecule has 0 fully saturated rings. The van der Waals surface area contributed by atoms with E-state index in [1.807, 2.05) is 13.1 Å². The standard InChI is InChI=1S/C14H17BrN2/c1-11(16-2)13-6-7-17(10-13)9-12-4-3-5-14(15)8-12/h3-8,10-11,16H,9H2,1-2H3. The Balaban J connectivity index is 2.11. The van der Waals surface area contributed by atoms with Gasteiger partial charge in [0.1, 0.15) is 0 Å². The fourth-order valence-electron chi connectivity index (χ4n) is 1.83. The lowest BCUT2D eigenvalue weighted by atomic mass is 10.2. The first kappa shape index (κ1) is 12.4. The molecule has 0 aliphatic heterocycles. The maximum atomic E-state index is 3.50. The van der Waals surface area contributed by atoms with Crippen LogP contribution in [-0.4, -0.2) is 11.6 Å². The van der Waals surface area contributed by atoms with Gasteiger partial charge in [0.05, 0.1) is 0 Å². The number of hydrogen-bond acceptors (Lipinski definition) is 1. The Kier molecular flexibility index (Phi) is 4.02. The van der Waals surface area contributed by atoms with Gasteiger partial charge in [-0.3, -0.25) is 0 Å². The first-order valence-corrected chi connectivity index (χ1v) is 6.55. The molecule has 1 unspecified atom stereocenters. The quantitative estimate of drug-likeness (QED) is 0.911. The molecule has 1 heterocycles. The molecule has 3 heteroatoms. The number of halogens is 1.